The summed E-state index contributed by atoms with van der Waals surface area (Å²) in [6, 6.07) is 25.0. The number of aromatic nitrogens is 2. The summed E-state index contributed by atoms with van der Waals surface area (Å²) < 4.78 is 31.4. The predicted octanol–water partition coefficient (Wildman–Crippen LogP) is 2.90. The molecule has 4 aromatic rings. The Kier molecular flexibility index (Phi) is 7.24. The summed E-state index contributed by atoms with van der Waals surface area (Å²) >= 11 is 0. The van der Waals surface area contributed by atoms with Crippen LogP contribution < -0.4 is 20.7 Å². The van der Waals surface area contributed by atoms with Crippen molar-refractivity contribution in [3.8, 4) is 11.5 Å². The maximum Gasteiger partial charge on any atom is 0.330 e. The number of hydrogen-bond acceptors (Lipinski definition) is 8. The highest BCUT2D eigenvalue weighted by Crippen LogP contribution is 2.48. The summed E-state index contributed by atoms with van der Waals surface area (Å²) in [5.74, 6) is 1.39. The summed E-state index contributed by atoms with van der Waals surface area (Å²) in [6.07, 6.45) is -1.46. The molecule has 0 unspecified atom stereocenters. The van der Waals surface area contributed by atoms with E-state index < -0.39 is 40.9 Å². The maximum atomic E-state index is 12.7. The van der Waals surface area contributed by atoms with Crippen LogP contribution in [0.3, 0.4) is 0 Å². The van der Waals surface area contributed by atoms with Crippen LogP contribution in [0.25, 0.3) is 0 Å². The number of H-pyrrole nitrogens is 1. The second-order valence-electron chi connectivity index (χ2n) is 10.6. The molecule has 0 amide bonds. The number of benzene rings is 3. The fourth-order valence-corrected chi connectivity index (χ4v) is 5.82. The van der Waals surface area contributed by atoms with Crippen LogP contribution in [0.5, 0.6) is 11.5 Å². The van der Waals surface area contributed by atoms with Crippen LogP contribution in [0, 0.1) is 6.92 Å². The quantitative estimate of drug-likeness (QED) is 0.294. The first-order valence-electron chi connectivity index (χ1n) is 13.6. The molecule has 0 spiro atoms. The second-order valence-corrected chi connectivity index (χ2v) is 10.6. The lowest BCUT2D eigenvalue weighted by Crippen LogP contribution is -2.48. The topological polar surface area (TPSA) is 121 Å². The van der Waals surface area contributed by atoms with Gasteiger partial charge in [0.25, 0.3) is 5.56 Å². The number of aliphatic hydroxyl groups is 1. The van der Waals surface area contributed by atoms with E-state index in [1.165, 1.54) is 10.8 Å². The molecule has 2 aliphatic rings. The van der Waals surface area contributed by atoms with Gasteiger partial charge in [0, 0.05) is 11.8 Å². The third-order valence-corrected chi connectivity index (χ3v) is 8.13. The fourth-order valence-electron chi connectivity index (χ4n) is 5.82. The molecule has 218 valence electrons. The van der Waals surface area contributed by atoms with E-state index >= 15 is 0 Å². The summed E-state index contributed by atoms with van der Waals surface area (Å²) in [4.78, 5) is 26.9. The smallest absolute Gasteiger partial charge is 0.330 e. The molecule has 0 saturated carbocycles. The number of hydrogen-bond donors (Lipinski definition) is 2. The highest BCUT2D eigenvalue weighted by Gasteiger charge is 2.63. The highest BCUT2D eigenvalue weighted by molar-refractivity contribution is 5.49. The van der Waals surface area contributed by atoms with Gasteiger partial charge in [-0.25, -0.2) is 4.79 Å². The molecule has 2 N–H and O–H groups in total. The third-order valence-electron chi connectivity index (χ3n) is 8.13. The SMILES string of the molecule is COc1ccc(C(OC[C@]23CO[C@H]([C@H](n4cc(C)c(=O)[nH]c4=O)O2)[C@H]3O)(c2ccccc2)c2ccc(OC)cc2)cc1. The number of aliphatic hydroxyl groups excluding tert-OH is 1. The lowest BCUT2D eigenvalue weighted by molar-refractivity contribution is -0.204. The van der Waals surface area contributed by atoms with Crippen molar-refractivity contribution in [2.45, 2.75) is 36.6 Å². The Bertz CT molecular complexity index is 1620. The molecule has 10 nitrogen and oxygen atoms in total. The molecular weight excluding hydrogens is 540 g/mol. The van der Waals surface area contributed by atoms with E-state index in [9.17, 15) is 14.7 Å². The molecular formula is C32H32N2O8. The van der Waals surface area contributed by atoms with Gasteiger partial charge in [-0.1, -0.05) is 54.6 Å². The van der Waals surface area contributed by atoms with Crippen LogP contribution in [0.1, 0.15) is 28.5 Å². The van der Waals surface area contributed by atoms with Gasteiger partial charge < -0.3 is 28.8 Å². The molecule has 0 radical (unpaired) electrons. The number of aryl methyl sites for hydroxylation is 1. The van der Waals surface area contributed by atoms with Crippen LogP contribution in [0.4, 0.5) is 0 Å². The van der Waals surface area contributed by atoms with Gasteiger partial charge in [0.1, 0.15) is 34.9 Å². The molecule has 2 bridgehead atoms. The number of ether oxygens (including phenoxy) is 5. The Hall–Kier alpha value is -4.22. The molecule has 3 aromatic carbocycles. The van der Waals surface area contributed by atoms with E-state index in [0.717, 1.165) is 16.7 Å². The number of nitrogens with one attached hydrogen (secondary N) is 1. The molecule has 0 aliphatic carbocycles. The molecule has 2 saturated heterocycles. The number of methoxy groups -OCH3 is 2. The lowest BCUT2D eigenvalue weighted by Gasteiger charge is -2.39. The molecule has 6 rings (SSSR count). The van der Waals surface area contributed by atoms with Crippen molar-refractivity contribution in [1.82, 2.24) is 9.55 Å². The molecule has 1 aromatic heterocycles. The standard InChI is InChI=1S/C32H32N2O8/c1-20-17-34(30(37)33-28(20)36)29-26-27(35)31(42-29,18-40-26)19-41-32(21-7-5-4-6-8-21,22-9-13-24(38-2)14-10-22)23-11-15-25(39-3)16-12-23/h4-17,26-27,29,35H,18-19H2,1-3H3,(H,33,36,37)/t26-,27+,29+,31-/m0/s1. The average molecular weight is 573 g/mol. The first-order valence-corrected chi connectivity index (χ1v) is 13.6. The average Bonchev–Trinajstić information content (AvgIpc) is 3.49. The van der Waals surface area contributed by atoms with E-state index in [0.29, 0.717) is 17.1 Å². The predicted molar refractivity (Wildman–Crippen MR) is 153 cm³/mol. The van der Waals surface area contributed by atoms with E-state index in [2.05, 4.69) is 4.98 Å². The first-order chi connectivity index (χ1) is 20.3. The van der Waals surface area contributed by atoms with Gasteiger partial charge in [0.15, 0.2) is 6.23 Å². The van der Waals surface area contributed by atoms with Gasteiger partial charge in [0.05, 0.1) is 27.4 Å². The largest absolute Gasteiger partial charge is 0.497 e. The summed E-state index contributed by atoms with van der Waals surface area (Å²) in [5.41, 5.74) is -0.717. The van der Waals surface area contributed by atoms with Gasteiger partial charge in [-0.05, 0) is 47.9 Å². The minimum absolute atomic E-state index is 0.0580. The minimum Gasteiger partial charge on any atom is -0.497 e. The van der Waals surface area contributed by atoms with Crippen LogP contribution in [-0.2, 0) is 19.8 Å². The molecule has 42 heavy (non-hydrogen) atoms. The van der Waals surface area contributed by atoms with Crippen LogP contribution in [-0.4, -0.2) is 59.9 Å². The molecule has 10 heteroatoms. The summed E-state index contributed by atoms with van der Waals surface area (Å²) in [5, 5.41) is 11.4. The Balaban J connectivity index is 1.44. The number of rotatable bonds is 9. The zero-order chi connectivity index (χ0) is 29.5. The Morgan fingerprint density at radius 3 is 2.07 bits per heavy atom. The third kappa shape index (κ3) is 4.53. The molecule has 3 heterocycles. The fraction of sp³-hybridized carbons (Fsp3) is 0.312. The van der Waals surface area contributed by atoms with Crippen molar-refractivity contribution < 1.29 is 28.8 Å². The normalized spacial score (nSPS) is 23.2. The van der Waals surface area contributed by atoms with Crippen LogP contribution in [0.2, 0.25) is 0 Å². The summed E-state index contributed by atoms with van der Waals surface area (Å²) in [7, 11) is 3.22. The first kappa shape index (κ1) is 27.9. The van der Waals surface area contributed by atoms with E-state index in [1.807, 2.05) is 78.9 Å². The van der Waals surface area contributed by atoms with Gasteiger partial charge >= 0.3 is 5.69 Å². The monoisotopic (exact) mass is 572 g/mol. The Labute approximate surface area is 242 Å². The van der Waals surface area contributed by atoms with Crippen molar-refractivity contribution in [1.29, 1.82) is 0 Å². The van der Waals surface area contributed by atoms with E-state index in [4.69, 9.17) is 23.7 Å². The number of nitrogens with zero attached hydrogens (tertiary/aromatic N) is 1. The number of aromatic amines is 1. The maximum absolute atomic E-state index is 12.7. The zero-order valence-corrected chi connectivity index (χ0v) is 23.5. The summed E-state index contributed by atoms with van der Waals surface area (Å²) in [6.45, 7) is 1.57. The van der Waals surface area contributed by atoms with Crippen molar-refractivity contribution in [2.24, 2.45) is 0 Å². The van der Waals surface area contributed by atoms with Gasteiger partial charge in [-0.3, -0.25) is 14.3 Å². The molecule has 4 atom stereocenters. The lowest BCUT2D eigenvalue weighted by atomic mass is 9.79. The number of fused-ring (bicyclic) bond motifs is 2. The molecule has 2 fully saturated rings. The van der Waals surface area contributed by atoms with Crippen molar-refractivity contribution in [3.05, 3.63) is 128 Å². The van der Waals surface area contributed by atoms with Crippen LogP contribution in [0.15, 0.2) is 94.6 Å². The van der Waals surface area contributed by atoms with Crippen molar-refractivity contribution in [2.75, 3.05) is 27.4 Å². The van der Waals surface area contributed by atoms with E-state index in [1.54, 1.807) is 21.1 Å². The van der Waals surface area contributed by atoms with E-state index in [-0.39, 0.29) is 13.2 Å². The molecule has 2 aliphatic heterocycles. The minimum atomic E-state index is -1.28. The Morgan fingerprint density at radius 1 is 0.929 bits per heavy atom. The van der Waals surface area contributed by atoms with Crippen LogP contribution >= 0.6 is 0 Å². The van der Waals surface area contributed by atoms with Gasteiger partial charge in [-0.2, -0.15) is 0 Å². The van der Waals surface area contributed by atoms with Gasteiger partial charge in [0.2, 0.25) is 0 Å². The van der Waals surface area contributed by atoms with Crippen molar-refractivity contribution in [3.63, 3.8) is 0 Å². The van der Waals surface area contributed by atoms with Crippen molar-refractivity contribution >= 4 is 0 Å². The second kappa shape index (κ2) is 10.9. The zero-order valence-electron chi connectivity index (χ0n) is 23.5. The van der Waals surface area contributed by atoms with Gasteiger partial charge in [-0.15, -0.1) is 0 Å². The highest BCUT2D eigenvalue weighted by atomic mass is 16.7. The Morgan fingerprint density at radius 2 is 1.50 bits per heavy atom.